The number of aromatic nitrogens is 2. The zero-order valence-electron chi connectivity index (χ0n) is 11.8. The van der Waals surface area contributed by atoms with Crippen LogP contribution in [0.15, 0.2) is 24.3 Å². The molecule has 0 saturated carbocycles. The molecular formula is C15H15ClN4S. The van der Waals surface area contributed by atoms with Gasteiger partial charge in [0.2, 0.25) is 5.95 Å². The molecule has 3 rings (SSSR count). The smallest absolute Gasteiger partial charge is 0.223 e. The lowest BCUT2D eigenvalue weighted by molar-refractivity contribution is 1.19. The first-order chi connectivity index (χ1) is 10.1. The van der Waals surface area contributed by atoms with Gasteiger partial charge in [-0.2, -0.15) is 4.98 Å². The zero-order chi connectivity index (χ0) is 15.0. The van der Waals surface area contributed by atoms with Gasteiger partial charge in [-0.1, -0.05) is 30.7 Å². The van der Waals surface area contributed by atoms with Crippen molar-refractivity contribution in [3.8, 4) is 0 Å². The highest BCUT2D eigenvalue weighted by atomic mass is 35.5. The molecule has 3 aromatic rings. The number of fused-ring (bicyclic) bond motifs is 1. The Balaban J connectivity index is 2.13. The van der Waals surface area contributed by atoms with Crippen LogP contribution in [0.5, 0.6) is 0 Å². The standard InChI is InChI=1S/C15H15ClN4S/c1-3-9-7-10-13(19-15(17)20-14(10)21-9)18-12-8(2)5-4-6-11(12)16/h4-7H,3H2,1-2H3,(H3,17,18,19,20). The Labute approximate surface area is 132 Å². The van der Waals surface area contributed by atoms with Gasteiger partial charge in [-0.15, -0.1) is 11.3 Å². The van der Waals surface area contributed by atoms with Crippen molar-refractivity contribution in [3.63, 3.8) is 0 Å². The van der Waals surface area contributed by atoms with E-state index in [0.717, 1.165) is 27.9 Å². The second-order valence-electron chi connectivity index (χ2n) is 4.77. The molecule has 0 radical (unpaired) electrons. The molecule has 2 heterocycles. The van der Waals surface area contributed by atoms with E-state index in [1.54, 1.807) is 11.3 Å². The molecule has 0 bridgehead atoms. The molecule has 0 aliphatic rings. The maximum absolute atomic E-state index is 6.27. The largest absolute Gasteiger partial charge is 0.368 e. The number of thiophene rings is 1. The van der Waals surface area contributed by atoms with Crippen LogP contribution in [-0.4, -0.2) is 9.97 Å². The van der Waals surface area contributed by atoms with Crippen molar-refractivity contribution in [3.05, 3.63) is 39.7 Å². The maximum Gasteiger partial charge on any atom is 0.223 e. The van der Waals surface area contributed by atoms with Crippen LogP contribution >= 0.6 is 22.9 Å². The van der Waals surface area contributed by atoms with Gasteiger partial charge in [0, 0.05) is 4.88 Å². The minimum Gasteiger partial charge on any atom is -0.368 e. The van der Waals surface area contributed by atoms with Gasteiger partial charge in [-0.05, 0) is 31.0 Å². The van der Waals surface area contributed by atoms with Crippen molar-refractivity contribution in [2.45, 2.75) is 20.3 Å². The average molecular weight is 319 g/mol. The lowest BCUT2D eigenvalue weighted by Gasteiger charge is -2.11. The number of nitrogens with zero attached hydrogens (tertiary/aromatic N) is 2. The van der Waals surface area contributed by atoms with E-state index in [2.05, 4.69) is 28.3 Å². The van der Waals surface area contributed by atoms with E-state index in [0.29, 0.717) is 10.8 Å². The molecule has 0 saturated heterocycles. The molecule has 3 N–H and O–H groups in total. The van der Waals surface area contributed by atoms with Crippen LogP contribution < -0.4 is 11.1 Å². The molecular weight excluding hydrogens is 304 g/mol. The number of hydrogen-bond donors (Lipinski definition) is 2. The highest BCUT2D eigenvalue weighted by Gasteiger charge is 2.12. The highest BCUT2D eigenvalue weighted by molar-refractivity contribution is 7.18. The molecule has 0 aliphatic heterocycles. The summed E-state index contributed by atoms with van der Waals surface area (Å²) in [4.78, 5) is 10.8. The molecule has 0 atom stereocenters. The van der Waals surface area contributed by atoms with Gasteiger partial charge in [-0.25, -0.2) is 4.98 Å². The van der Waals surface area contributed by atoms with Crippen molar-refractivity contribution < 1.29 is 0 Å². The lowest BCUT2D eigenvalue weighted by atomic mass is 10.2. The summed E-state index contributed by atoms with van der Waals surface area (Å²) in [7, 11) is 0. The van der Waals surface area contributed by atoms with Crippen molar-refractivity contribution in [2.75, 3.05) is 11.1 Å². The predicted octanol–water partition coefficient (Wildman–Crippen LogP) is 4.54. The quantitative estimate of drug-likeness (QED) is 0.744. The summed E-state index contributed by atoms with van der Waals surface area (Å²) < 4.78 is 0. The van der Waals surface area contributed by atoms with Crippen molar-refractivity contribution >= 4 is 50.6 Å². The van der Waals surface area contributed by atoms with Gasteiger partial charge in [-0.3, -0.25) is 0 Å². The first kappa shape index (κ1) is 14.1. The van der Waals surface area contributed by atoms with E-state index in [9.17, 15) is 0 Å². The normalized spacial score (nSPS) is 11.0. The molecule has 0 unspecified atom stereocenters. The highest BCUT2D eigenvalue weighted by Crippen LogP contribution is 2.34. The molecule has 6 heteroatoms. The van der Waals surface area contributed by atoms with E-state index in [4.69, 9.17) is 17.3 Å². The fraction of sp³-hybridized carbons (Fsp3) is 0.200. The van der Waals surface area contributed by atoms with E-state index < -0.39 is 0 Å². The first-order valence-corrected chi connectivity index (χ1v) is 7.86. The molecule has 21 heavy (non-hydrogen) atoms. The minimum atomic E-state index is 0.263. The Hall–Kier alpha value is -1.85. The topological polar surface area (TPSA) is 63.8 Å². The summed E-state index contributed by atoms with van der Waals surface area (Å²) in [6.45, 7) is 4.12. The zero-order valence-corrected chi connectivity index (χ0v) is 13.3. The number of para-hydroxylation sites is 1. The number of nitrogens with one attached hydrogen (secondary N) is 1. The average Bonchev–Trinajstić information content (AvgIpc) is 2.86. The van der Waals surface area contributed by atoms with Gasteiger partial charge in [0.05, 0.1) is 16.1 Å². The SMILES string of the molecule is CCc1cc2c(Nc3c(C)cccc3Cl)nc(N)nc2s1. The lowest BCUT2D eigenvalue weighted by Crippen LogP contribution is -2.01. The van der Waals surface area contributed by atoms with Gasteiger partial charge in [0.15, 0.2) is 0 Å². The molecule has 4 nitrogen and oxygen atoms in total. The molecule has 0 aliphatic carbocycles. The molecule has 0 amide bonds. The number of hydrogen-bond acceptors (Lipinski definition) is 5. The maximum atomic E-state index is 6.27. The van der Waals surface area contributed by atoms with Crippen LogP contribution in [0.25, 0.3) is 10.2 Å². The predicted molar refractivity (Wildman–Crippen MR) is 90.7 cm³/mol. The Bertz CT molecular complexity index is 793. The number of anilines is 3. The molecule has 0 spiro atoms. The van der Waals surface area contributed by atoms with E-state index >= 15 is 0 Å². The number of benzene rings is 1. The number of nitrogen functional groups attached to an aromatic ring is 1. The molecule has 0 fully saturated rings. The van der Waals surface area contributed by atoms with Crippen molar-refractivity contribution in [2.24, 2.45) is 0 Å². The minimum absolute atomic E-state index is 0.263. The third-order valence-corrected chi connectivity index (χ3v) is 4.76. The second-order valence-corrected chi connectivity index (χ2v) is 6.29. The number of nitrogens with two attached hydrogens (primary N) is 1. The summed E-state index contributed by atoms with van der Waals surface area (Å²) in [5.74, 6) is 0.962. The van der Waals surface area contributed by atoms with Crippen LogP contribution in [0.2, 0.25) is 5.02 Å². The number of aryl methyl sites for hydroxylation is 2. The first-order valence-electron chi connectivity index (χ1n) is 6.66. The van der Waals surface area contributed by atoms with Gasteiger partial charge >= 0.3 is 0 Å². The monoisotopic (exact) mass is 318 g/mol. The Morgan fingerprint density at radius 3 is 2.86 bits per heavy atom. The Morgan fingerprint density at radius 2 is 2.14 bits per heavy atom. The van der Waals surface area contributed by atoms with Crippen LogP contribution in [-0.2, 0) is 6.42 Å². The van der Waals surface area contributed by atoms with Crippen molar-refractivity contribution in [1.29, 1.82) is 0 Å². The van der Waals surface area contributed by atoms with Gasteiger partial charge < -0.3 is 11.1 Å². The number of halogens is 1. The molecule has 2 aromatic heterocycles. The second kappa shape index (κ2) is 5.50. The van der Waals surface area contributed by atoms with Crippen LogP contribution in [0.3, 0.4) is 0 Å². The van der Waals surface area contributed by atoms with Crippen LogP contribution in [0.1, 0.15) is 17.4 Å². The molecule has 1 aromatic carbocycles. The van der Waals surface area contributed by atoms with Crippen molar-refractivity contribution in [1.82, 2.24) is 9.97 Å². The Kier molecular flexibility index (Phi) is 3.69. The third-order valence-electron chi connectivity index (χ3n) is 3.27. The van der Waals surface area contributed by atoms with Crippen LogP contribution in [0.4, 0.5) is 17.5 Å². The van der Waals surface area contributed by atoms with E-state index in [1.165, 1.54) is 4.88 Å². The summed E-state index contributed by atoms with van der Waals surface area (Å²) >= 11 is 7.91. The van der Waals surface area contributed by atoms with Crippen LogP contribution in [0, 0.1) is 6.92 Å². The number of rotatable bonds is 3. The van der Waals surface area contributed by atoms with E-state index in [-0.39, 0.29) is 5.95 Å². The summed E-state index contributed by atoms with van der Waals surface area (Å²) in [5.41, 5.74) is 7.72. The third kappa shape index (κ3) is 2.66. The summed E-state index contributed by atoms with van der Waals surface area (Å²) in [6, 6.07) is 7.88. The fourth-order valence-electron chi connectivity index (χ4n) is 2.17. The molecule has 108 valence electrons. The van der Waals surface area contributed by atoms with Gasteiger partial charge in [0.25, 0.3) is 0 Å². The summed E-state index contributed by atoms with van der Waals surface area (Å²) in [5, 5.41) is 4.94. The van der Waals surface area contributed by atoms with E-state index in [1.807, 2.05) is 25.1 Å². The summed E-state index contributed by atoms with van der Waals surface area (Å²) in [6.07, 6.45) is 0.964. The fourth-order valence-corrected chi connectivity index (χ4v) is 3.41. The Morgan fingerprint density at radius 1 is 1.33 bits per heavy atom. The van der Waals surface area contributed by atoms with Gasteiger partial charge in [0.1, 0.15) is 10.6 Å².